The van der Waals surface area contributed by atoms with Crippen LogP contribution in [0.3, 0.4) is 0 Å². The highest BCUT2D eigenvalue weighted by molar-refractivity contribution is 9.11. The molecule has 0 bridgehead atoms. The molecule has 1 N–H and O–H groups in total. The summed E-state index contributed by atoms with van der Waals surface area (Å²) in [5.74, 6) is 0.521. The van der Waals surface area contributed by atoms with Crippen LogP contribution in [0.25, 0.3) is 33.8 Å². The third-order valence-electron chi connectivity index (χ3n) is 3.90. The first-order valence-corrected chi connectivity index (χ1v) is 9.25. The van der Waals surface area contributed by atoms with E-state index in [2.05, 4.69) is 51.8 Å². The summed E-state index contributed by atoms with van der Waals surface area (Å²) in [7, 11) is 0. The van der Waals surface area contributed by atoms with E-state index >= 15 is 0 Å². The fourth-order valence-corrected chi connectivity index (χ4v) is 4.02. The first kappa shape index (κ1) is 18.1. The second-order valence-electron chi connectivity index (χ2n) is 5.70. The molecule has 0 aliphatic carbocycles. The van der Waals surface area contributed by atoms with Crippen molar-refractivity contribution in [1.82, 2.24) is 19.9 Å². The summed E-state index contributed by atoms with van der Waals surface area (Å²) in [6.07, 6.45) is -1.79. The van der Waals surface area contributed by atoms with Crippen LogP contribution in [0.15, 0.2) is 57.7 Å². The van der Waals surface area contributed by atoms with E-state index in [-0.39, 0.29) is 11.3 Å². The standard InChI is InChI=1S/C18H9Br2F3N4/c19-10-6-12(20)16-14(7-10)26-17(27-16)13-4-3-9(8-25-13)15-11(18(21,22)23)2-1-5-24-15/h1-8H,(H,26,27). The highest BCUT2D eigenvalue weighted by atomic mass is 79.9. The first-order chi connectivity index (χ1) is 12.8. The highest BCUT2D eigenvalue weighted by Gasteiger charge is 2.34. The van der Waals surface area contributed by atoms with Gasteiger partial charge in [0.1, 0.15) is 11.2 Å². The van der Waals surface area contributed by atoms with E-state index in [9.17, 15) is 13.2 Å². The molecule has 0 aliphatic rings. The lowest BCUT2D eigenvalue weighted by molar-refractivity contribution is -0.137. The van der Waals surface area contributed by atoms with Gasteiger partial charge >= 0.3 is 6.18 Å². The lowest BCUT2D eigenvalue weighted by atomic mass is 10.1. The normalized spacial score (nSPS) is 11.9. The number of hydrogen-bond donors (Lipinski definition) is 1. The van der Waals surface area contributed by atoms with Gasteiger partial charge in [-0.1, -0.05) is 15.9 Å². The molecule has 3 heterocycles. The maximum absolute atomic E-state index is 13.2. The Morgan fingerprint density at radius 2 is 1.81 bits per heavy atom. The number of pyridine rings is 2. The molecule has 0 saturated heterocycles. The summed E-state index contributed by atoms with van der Waals surface area (Å²) < 4.78 is 41.2. The SMILES string of the molecule is FC(F)(F)c1cccnc1-c1ccc(-c2nc3c(Br)cc(Br)cc3[nH]2)nc1. The smallest absolute Gasteiger partial charge is 0.337 e. The molecule has 4 rings (SSSR count). The second kappa shape index (κ2) is 6.72. The van der Waals surface area contributed by atoms with Gasteiger partial charge in [0.15, 0.2) is 5.82 Å². The van der Waals surface area contributed by atoms with Crippen molar-refractivity contribution in [2.24, 2.45) is 0 Å². The number of halogens is 5. The van der Waals surface area contributed by atoms with Gasteiger partial charge in [-0.2, -0.15) is 13.2 Å². The fraction of sp³-hybridized carbons (Fsp3) is 0.0556. The number of aromatic nitrogens is 4. The quantitative estimate of drug-likeness (QED) is 0.357. The molecule has 9 heteroatoms. The van der Waals surface area contributed by atoms with Crippen LogP contribution in [-0.2, 0) is 6.18 Å². The molecule has 0 fully saturated rings. The predicted octanol–water partition coefficient (Wildman–Crippen LogP) is 6.23. The van der Waals surface area contributed by atoms with Gasteiger partial charge in [0, 0.05) is 26.9 Å². The van der Waals surface area contributed by atoms with Crippen molar-refractivity contribution in [3.8, 4) is 22.8 Å². The number of hydrogen-bond acceptors (Lipinski definition) is 3. The van der Waals surface area contributed by atoms with Crippen LogP contribution in [-0.4, -0.2) is 19.9 Å². The lowest BCUT2D eigenvalue weighted by Crippen LogP contribution is -2.08. The first-order valence-electron chi connectivity index (χ1n) is 7.67. The Kier molecular flexibility index (Phi) is 4.51. The van der Waals surface area contributed by atoms with Crippen LogP contribution in [0, 0.1) is 0 Å². The van der Waals surface area contributed by atoms with Gasteiger partial charge in [-0.3, -0.25) is 9.97 Å². The van der Waals surface area contributed by atoms with Crippen molar-refractivity contribution in [2.75, 3.05) is 0 Å². The van der Waals surface area contributed by atoms with E-state index in [4.69, 9.17) is 0 Å². The average Bonchev–Trinajstić information content (AvgIpc) is 3.05. The van der Waals surface area contributed by atoms with Crippen LogP contribution in [0.1, 0.15) is 5.56 Å². The fourth-order valence-electron chi connectivity index (χ4n) is 2.70. The van der Waals surface area contributed by atoms with E-state index < -0.39 is 11.7 Å². The number of imidazole rings is 1. The van der Waals surface area contributed by atoms with Crippen molar-refractivity contribution in [1.29, 1.82) is 0 Å². The van der Waals surface area contributed by atoms with Crippen LogP contribution in [0.2, 0.25) is 0 Å². The third kappa shape index (κ3) is 3.49. The Hall–Kier alpha value is -2.26. The number of nitrogens with one attached hydrogen (secondary N) is 1. The maximum atomic E-state index is 13.2. The van der Waals surface area contributed by atoms with E-state index in [0.29, 0.717) is 11.5 Å². The van der Waals surface area contributed by atoms with Crippen LogP contribution in [0.4, 0.5) is 13.2 Å². The van der Waals surface area contributed by atoms with Crippen molar-refractivity contribution >= 4 is 42.9 Å². The van der Waals surface area contributed by atoms with Gasteiger partial charge in [-0.15, -0.1) is 0 Å². The molecule has 4 aromatic rings. The van der Waals surface area contributed by atoms with Crippen molar-refractivity contribution in [3.05, 3.63) is 63.3 Å². The van der Waals surface area contributed by atoms with Gasteiger partial charge in [0.05, 0.1) is 16.8 Å². The monoisotopic (exact) mass is 496 g/mol. The molecule has 3 aromatic heterocycles. The molecular weight excluding hydrogens is 489 g/mol. The van der Waals surface area contributed by atoms with E-state index in [0.717, 1.165) is 26.0 Å². The number of fused-ring (bicyclic) bond motifs is 1. The predicted molar refractivity (Wildman–Crippen MR) is 103 cm³/mol. The molecule has 27 heavy (non-hydrogen) atoms. The summed E-state index contributed by atoms with van der Waals surface area (Å²) >= 11 is 6.87. The number of alkyl halides is 3. The zero-order valence-corrected chi connectivity index (χ0v) is 16.5. The van der Waals surface area contributed by atoms with Crippen molar-refractivity contribution < 1.29 is 13.2 Å². The van der Waals surface area contributed by atoms with Gasteiger partial charge in [0.2, 0.25) is 0 Å². The molecule has 0 radical (unpaired) electrons. The van der Waals surface area contributed by atoms with Gasteiger partial charge in [-0.25, -0.2) is 4.98 Å². The van der Waals surface area contributed by atoms with Crippen LogP contribution >= 0.6 is 31.9 Å². The minimum atomic E-state index is -4.49. The summed E-state index contributed by atoms with van der Waals surface area (Å²) in [5.41, 5.74) is 1.40. The number of benzene rings is 1. The number of rotatable bonds is 2. The molecular formula is C18H9Br2F3N4. The number of H-pyrrole nitrogens is 1. The Balaban J connectivity index is 1.75. The molecule has 0 atom stereocenters. The van der Waals surface area contributed by atoms with E-state index in [1.54, 1.807) is 12.1 Å². The molecule has 0 unspecified atom stereocenters. The highest BCUT2D eigenvalue weighted by Crippen LogP contribution is 2.36. The summed E-state index contributed by atoms with van der Waals surface area (Å²) in [6.45, 7) is 0. The Morgan fingerprint density at radius 3 is 2.52 bits per heavy atom. The van der Waals surface area contributed by atoms with Gasteiger partial charge < -0.3 is 4.98 Å². The van der Waals surface area contributed by atoms with Crippen LogP contribution < -0.4 is 0 Å². The molecule has 0 spiro atoms. The van der Waals surface area contributed by atoms with Crippen LogP contribution in [0.5, 0.6) is 0 Å². The molecule has 4 nitrogen and oxygen atoms in total. The lowest BCUT2D eigenvalue weighted by Gasteiger charge is -2.11. The molecule has 0 aliphatic heterocycles. The zero-order chi connectivity index (χ0) is 19.2. The topological polar surface area (TPSA) is 54.5 Å². The number of nitrogens with zero attached hydrogens (tertiary/aromatic N) is 3. The van der Waals surface area contributed by atoms with E-state index in [1.165, 1.54) is 18.5 Å². The Labute approximate surface area is 168 Å². The molecule has 0 saturated carbocycles. The third-order valence-corrected chi connectivity index (χ3v) is 4.96. The summed E-state index contributed by atoms with van der Waals surface area (Å²) in [5, 5.41) is 0. The average molecular weight is 498 g/mol. The van der Waals surface area contributed by atoms with Crippen molar-refractivity contribution in [3.63, 3.8) is 0 Å². The minimum Gasteiger partial charge on any atom is -0.337 e. The molecule has 0 amide bonds. The van der Waals surface area contributed by atoms with Gasteiger partial charge in [0.25, 0.3) is 0 Å². The number of aromatic amines is 1. The molecule has 136 valence electrons. The Bertz CT molecular complexity index is 1140. The summed E-state index contributed by atoms with van der Waals surface area (Å²) in [4.78, 5) is 15.8. The van der Waals surface area contributed by atoms with E-state index in [1.807, 2.05) is 12.1 Å². The van der Waals surface area contributed by atoms with Gasteiger partial charge in [-0.05, 0) is 52.3 Å². The molecule has 1 aromatic carbocycles. The second-order valence-corrected chi connectivity index (χ2v) is 7.47. The zero-order valence-electron chi connectivity index (χ0n) is 13.4. The van der Waals surface area contributed by atoms with Crippen molar-refractivity contribution in [2.45, 2.75) is 6.18 Å². The minimum absolute atomic E-state index is 0.152. The Morgan fingerprint density at radius 1 is 1.00 bits per heavy atom. The summed E-state index contributed by atoms with van der Waals surface area (Å²) in [6, 6.07) is 9.20. The maximum Gasteiger partial charge on any atom is 0.418 e. The largest absolute Gasteiger partial charge is 0.418 e.